The Morgan fingerprint density at radius 3 is 2.55 bits per heavy atom. The number of ketones is 1. The molecule has 1 aliphatic heterocycles. The van der Waals surface area contributed by atoms with Gasteiger partial charge in [0.1, 0.15) is 17.1 Å². The number of carbonyl (C=O) groups excluding carboxylic acids is 2. The number of nitrogen functional groups attached to an aromatic ring is 1. The molecule has 0 aliphatic carbocycles. The van der Waals surface area contributed by atoms with E-state index in [-0.39, 0.29) is 17.5 Å². The molecule has 2 N–H and O–H groups in total. The van der Waals surface area contributed by atoms with Gasteiger partial charge in [0.2, 0.25) is 0 Å². The quantitative estimate of drug-likeness (QED) is 0.683. The van der Waals surface area contributed by atoms with E-state index in [2.05, 4.69) is 10.3 Å². The topological polar surface area (TPSA) is 107 Å². The normalized spacial score (nSPS) is 16.4. The Balaban J connectivity index is 1.62. The predicted octanol–water partition coefficient (Wildman–Crippen LogP) is 2.86. The van der Waals surface area contributed by atoms with Gasteiger partial charge in [-0.2, -0.15) is 5.10 Å². The Kier molecular flexibility index (Phi) is 4.70. The minimum Gasteiger partial charge on any atom is -0.383 e. The second-order valence-electron chi connectivity index (χ2n) is 7.41. The highest BCUT2D eigenvalue weighted by molar-refractivity contribution is 6.07. The number of hydrogen-bond donors (Lipinski definition) is 1. The van der Waals surface area contributed by atoms with Gasteiger partial charge in [-0.15, -0.1) is 0 Å². The Labute approximate surface area is 168 Å². The number of nitrogens with two attached hydrogens (primary N) is 1. The molecule has 1 fully saturated rings. The summed E-state index contributed by atoms with van der Waals surface area (Å²) >= 11 is 0. The molecule has 8 heteroatoms. The molecule has 0 unspecified atom stereocenters. The van der Waals surface area contributed by atoms with Gasteiger partial charge < -0.3 is 15.2 Å². The summed E-state index contributed by atoms with van der Waals surface area (Å²) in [6.45, 7) is 5.92. The zero-order valence-electron chi connectivity index (χ0n) is 16.7. The van der Waals surface area contributed by atoms with Crippen molar-refractivity contribution in [2.24, 2.45) is 0 Å². The third-order valence-corrected chi connectivity index (χ3v) is 5.41. The van der Waals surface area contributed by atoms with Crippen molar-refractivity contribution in [3.05, 3.63) is 58.6 Å². The molecule has 4 rings (SSSR count). The highest BCUT2D eigenvalue weighted by atomic mass is 16.5. The van der Waals surface area contributed by atoms with E-state index >= 15 is 0 Å². The number of aryl methyl sites for hydroxylation is 3. The van der Waals surface area contributed by atoms with Crippen molar-refractivity contribution in [2.45, 2.75) is 39.7 Å². The van der Waals surface area contributed by atoms with Crippen molar-refractivity contribution in [3.63, 3.8) is 0 Å². The zero-order valence-corrected chi connectivity index (χ0v) is 16.7. The monoisotopic (exact) mass is 393 g/mol. The molecule has 8 nitrogen and oxygen atoms in total. The summed E-state index contributed by atoms with van der Waals surface area (Å²) in [4.78, 5) is 27.9. The summed E-state index contributed by atoms with van der Waals surface area (Å²) in [6.07, 6.45) is 2.81. The summed E-state index contributed by atoms with van der Waals surface area (Å²) in [6, 6.07) is 7.14. The number of carbonyl (C=O) groups is 2. The largest absolute Gasteiger partial charge is 0.383 e. The minimum absolute atomic E-state index is 0.196. The Morgan fingerprint density at radius 2 is 1.90 bits per heavy atom. The van der Waals surface area contributed by atoms with Crippen LogP contribution in [0.1, 0.15) is 50.6 Å². The first kappa shape index (κ1) is 18.9. The van der Waals surface area contributed by atoms with Crippen LogP contribution in [0.2, 0.25) is 0 Å². The maximum absolute atomic E-state index is 13.3. The zero-order chi connectivity index (χ0) is 20.7. The number of amides is 1. The molecule has 1 aliphatic rings. The summed E-state index contributed by atoms with van der Waals surface area (Å²) < 4.78 is 6.66. The smallest absolute Gasteiger partial charge is 0.259 e. The Bertz CT molecular complexity index is 1060. The van der Waals surface area contributed by atoms with Crippen molar-refractivity contribution in [1.82, 2.24) is 19.8 Å². The maximum atomic E-state index is 13.3. The first-order valence-electron chi connectivity index (χ1n) is 9.57. The Morgan fingerprint density at radius 1 is 1.17 bits per heavy atom. The van der Waals surface area contributed by atoms with E-state index in [1.54, 1.807) is 23.4 Å². The molecule has 0 saturated carbocycles. The molecule has 3 aromatic rings. The van der Waals surface area contributed by atoms with Crippen molar-refractivity contribution >= 4 is 17.5 Å². The summed E-state index contributed by atoms with van der Waals surface area (Å²) in [5.41, 5.74) is 9.44. The Hall–Kier alpha value is -3.42. The van der Waals surface area contributed by atoms with E-state index in [4.69, 9.17) is 10.3 Å². The first-order chi connectivity index (χ1) is 13.9. The second kappa shape index (κ2) is 7.20. The fraction of sp³-hybridized carbons (Fsp3) is 0.333. The van der Waals surface area contributed by atoms with Gasteiger partial charge in [0.05, 0.1) is 29.2 Å². The van der Waals surface area contributed by atoms with E-state index in [1.165, 1.54) is 6.20 Å². The molecule has 2 aromatic heterocycles. The molecule has 0 spiro atoms. The van der Waals surface area contributed by atoms with E-state index in [0.717, 1.165) is 17.7 Å². The van der Waals surface area contributed by atoms with Gasteiger partial charge >= 0.3 is 0 Å². The standard InChI is InChI=1S/C21H23N5O3/c1-12-6-8-15(9-7-12)26-20(22)16(11-23-26)19(27)17-5-4-10-25(17)21(28)18-13(2)24-29-14(18)3/h6-9,11,17H,4-5,10,22H2,1-3H3/t17-/m0/s1. The molecular weight excluding hydrogens is 370 g/mol. The number of rotatable bonds is 4. The molecule has 1 aromatic carbocycles. The summed E-state index contributed by atoms with van der Waals surface area (Å²) in [5.74, 6) is 0.299. The lowest BCUT2D eigenvalue weighted by Gasteiger charge is -2.23. The van der Waals surface area contributed by atoms with Crippen LogP contribution in [0.3, 0.4) is 0 Å². The first-order valence-corrected chi connectivity index (χ1v) is 9.57. The molecule has 0 radical (unpaired) electrons. The van der Waals surface area contributed by atoms with Crippen molar-refractivity contribution in [2.75, 3.05) is 12.3 Å². The van der Waals surface area contributed by atoms with Crippen molar-refractivity contribution < 1.29 is 14.1 Å². The lowest BCUT2D eigenvalue weighted by molar-refractivity contribution is 0.0670. The van der Waals surface area contributed by atoms with Gasteiger partial charge in [0.25, 0.3) is 5.91 Å². The second-order valence-corrected chi connectivity index (χ2v) is 7.41. The average Bonchev–Trinajstić information content (AvgIpc) is 3.41. The van der Waals surface area contributed by atoms with Crippen LogP contribution in [0, 0.1) is 20.8 Å². The third kappa shape index (κ3) is 3.20. The van der Waals surface area contributed by atoms with Gasteiger partial charge in [-0.05, 0) is 45.7 Å². The molecule has 3 heterocycles. The van der Waals surface area contributed by atoms with Gasteiger partial charge in [-0.1, -0.05) is 22.9 Å². The molecule has 1 amide bonds. The minimum atomic E-state index is -0.575. The number of nitrogens with zero attached hydrogens (tertiary/aromatic N) is 4. The molecule has 29 heavy (non-hydrogen) atoms. The molecule has 1 saturated heterocycles. The van der Waals surface area contributed by atoms with Gasteiger partial charge in [-0.25, -0.2) is 4.68 Å². The average molecular weight is 393 g/mol. The summed E-state index contributed by atoms with van der Waals surface area (Å²) in [7, 11) is 0. The van der Waals surface area contributed by atoms with E-state index in [0.29, 0.717) is 35.5 Å². The van der Waals surface area contributed by atoms with Gasteiger partial charge in [0.15, 0.2) is 5.78 Å². The molecule has 1 atom stereocenters. The van der Waals surface area contributed by atoms with Crippen LogP contribution in [-0.2, 0) is 0 Å². The van der Waals surface area contributed by atoms with Crippen LogP contribution >= 0.6 is 0 Å². The van der Waals surface area contributed by atoms with E-state index < -0.39 is 6.04 Å². The maximum Gasteiger partial charge on any atom is 0.259 e. The number of anilines is 1. The molecular formula is C21H23N5O3. The highest BCUT2D eigenvalue weighted by Crippen LogP contribution is 2.28. The van der Waals surface area contributed by atoms with Gasteiger partial charge in [-0.3, -0.25) is 9.59 Å². The van der Waals surface area contributed by atoms with Crippen LogP contribution in [0.5, 0.6) is 0 Å². The number of benzene rings is 1. The highest BCUT2D eigenvalue weighted by Gasteiger charge is 2.38. The van der Waals surface area contributed by atoms with Crippen molar-refractivity contribution in [1.29, 1.82) is 0 Å². The number of hydrogen-bond acceptors (Lipinski definition) is 6. The molecule has 0 bridgehead atoms. The lowest BCUT2D eigenvalue weighted by atomic mass is 10.0. The predicted molar refractivity (Wildman–Crippen MR) is 107 cm³/mol. The molecule has 150 valence electrons. The van der Waals surface area contributed by atoms with E-state index in [1.807, 2.05) is 31.2 Å². The fourth-order valence-corrected chi connectivity index (χ4v) is 3.83. The van der Waals surface area contributed by atoms with Crippen LogP contribution in [0.25, 0.3) is 5.69 Å². The SMILES string of the molecule is Cc1ccc(-n2ncc(C(=O)[C@@H]3CCCN3C(=O)c3c(C)noc3C)c2N)cc1. The fourth-order valence-electron chi connectivity index (χ4n) is 3.83. The third-order valence-electron chi connectivity index (χ3n) is 5.41. The number of aromatic nitrogens is 3. The van der Waals surface area contributed by atoms with E-state index in [9.17, 15) is 9.59 Å². The van der Waals surface area contributed by atoms with Crippen LogP contribution < -0.4 is 5.73 Å². The van der Waals surface area contributed by atoms with Crippen LogP contribution in [-0.4, -0.2) is 44.1 Å². The van der Waals surface area contributed by atoms with Gasteiger partial charge in [0, 0.05) is 6.54 Å². The van der Waals surface area contributed by atoms with Crippen molar-refractivity contribution in [3.8, 4) is 5.69 Å². The lowest BCUT2D eigenvalue weighted by Crippen LogP contribution is -2.41. The van der Waals surface area contributed by atoms with Crippen LogP contribution in [0.15, 0.2) is 35.0 Å². The van der Waals surface area contributed by atoms with Crippen LogP contribution in [0.4, 0.5) is 5.82 Å². The number of likely N-dealkylation sites (tertiary alicyclic amines) is 1. The number of Topliss-reactive ketones (excluding diaryl/α,β-unsaturated/α-hetero) is 1. The summed E-state index contributed by atoms with van der Waals surface area (Å²) in [5, 5.41) is 8.15.